The minimum absolute atomic E-state index is 0.00319. The molecule has 0 bridgehead atoms. The van der Waals surface area contributed by atoms with Crippen LogP contribution in [-0.2, 0) is 18.3 Å². The monoisotopic (exact) mass is 378 g/mol. The summed E-state index contributed by atoms with van der Waals surface area (Å²) >= 11 is 0. The number of nitrogens with two attached hydrogens (primary N) is 1. The summed E-state index contributed by atoms with van der Waals surface area (Å²) in [7, 11) is 0. The van der Waals surface area contributed by atoms with Crippen LogP contribution in [0, 0.1) is 5.92 Å². The molecule has 2 aromatic carbocycles. The van der Waals surface area contributed by atoms with Crippen LogP contribution in [0.5, 0.6) is 0 Å². The highest BCUT2D eigenvalue weighted by Crippen LogP contribution is 2.40. The molecule has 1 fully saturated rings. The van der Waals surface area contributed by atoms with Gasteiger partial charge < -0.3 is 15.7 Å². The molecular formula is C24H30N2O2. The van der Waals surface area contributed by atoms with Crippen molar-refractivity contribution in [3.05, 3.63) is 70.8 Å². The summed E-state index contributed by atoms with van der Waals surface area (Å²) in [6, 6.07) is 16.2. The summed E-state index contributed by atoms with van der Waals surface area (Å²) in [5.41, 5.74) is 9.14. The summed E-state index contributed by atoms with van der Waals surface area (Å²) in [5.74, 6) is 0.0373. The van der Waals surface area contributed by atoms with Crippen molar-refractivity contribution in [3.63, 3.8) is 0 Å². The van der Waals surface area contributed by atoms with Crippen molar-refractivity contribution >= 4 is 5.91 Å². The molecule has 4 heteroatoms. The smallest absolute Gasteiger partial charge is 0.248 e. The summed E-state index contributed by atoms with van der Waals surface area (Å²) in [5, 5.41) is 11.2. The van der Waals surface area contributed by atoms with Crippen molar-refractivity contribution in [3.8, 4) is 0 Å². The van der Waals surface area contributed by atoms with E-state index in [0.29, 0.717) is 18.0 Å². The predicted molar refractivity (Wildman–Crippen MR) is 111 cm³/mol. The Bertz CT molecular complexity index is 869. The molecule has 0 aromatic heterocycles. The van der Waals surface area contributed by atoms with Crippen LogP contribution < -0.4 is 5.73 Å². The largest absolute Gasteiger partial charge is 0.388 e. The number of rotatable bonds is 4. The second-order valence-electron chi connectivity index (χ2n) is 9.10. The first-order valence-corrected chi connectivity index (χ1v) is 10.2. The molecule has 1 aliphatic heterocycles. The number of benzene rings is 2. The van der Waals surface area contributed by atoms with E-state index in [1.165, 1.54) is 16.7 Å². The summed E-state index contributed by atoms with van der Waals surface area (Å²) in [6.45, 7) is 7.16. The molecule has 0 radical (unpaired) electrons. The second-order valence-corrected chi connectivity index (χ2v) is 9.10. The normalized spacial score (nSPS) is 26.8. The van der Waals surface area contributed by atoms with Crippen LogP contribution in [0.4, 0.5) is 0 Å². The molecule has 1 heterocycles. The van der Waals surface area contributed by atoms with Gasteiger partial charge in [0, 0.05) is 31.5 Å². The first-order chi connectivity index (χ1) is 13.3. The molecule has 2 aliphatic rings. The molecule has 4 nitrogen and oxygen atoms in total. The lowest BCUT2D eigenvalue weighted by Crippen LogP contribution is -2.52. The zero-order valence-electron chi connectivity index (χ0n) is 16.8. The van der Waals surface area contributed by atoms with Crippen molar-refractivity contribution < 1.29 is 9.90 Å². The number of likely N-dealkylation sites (tertiary alicyclic amines) is 1. The van der Waals surface area contributed by atoms with Crippen LogP contribution in [0.25, 0.3) is 0 Å². The van der Waals surface area contributed by atoms with Crippen molar-refractivity contribution in [2.24, 2.45) is 11.7 Å². The van der Waals surface area contributed by atoms with Gasteiger partial charge >= 0.3 is 0 Å². The van der Waals surface area contributed by atoms with E-state index in [-0.39, 0.29) is 11.3 Å². The van der Waals surface area contributed by atoms with Gasteiger partial charge in [-0.15, -0.1) is 0 Å². The van der Waals surface area contributed by atoms with Gasteiger partial charge in [-0.1, -0.05) is 50.2 Å². The number of carbonyl (C=O) groups excluding carboxylic acids is 1. The number of hydrogen-bond donors (Lipinski definition) is 2. The van der Waals surface area contributed by atoms with Gasteiger partial charge in [0.1, 0.15) is 0 Å². The van der Waals surface area contributed by atoms with E-state index in [9.17, 15) is 9.90 Å². The number of aliphatic hydroxyl groups is 1. The Morgan fingerprint density at radius 1 is 1.18 bits per heavy atom. The van der Waals surface area contributed by atoms with E-state index in [1.54, 1.807) is 6.07 Å². The summed E-state index contributed by atoms with van der Waals surface area (Å²) in [4.78, 5) is 14.0. The molecule has 1 aliphatic carbocycles. The fraction of sp³-hybridized carbons (Fsp3) is 0.458. The van der Waals surface area contributed by atoms with E-state index >= 15 is 0 Å². The number of piperidine rings is 1. The third kappa shape index (κ3) is 3.47. The van der Waals surface area contributed by atoms with Crippen LogP contribution in [0.15, 0.2) is 48.5 Å². The highest BCUT2D eigenvalue weighted by atomic mass is 16.3. The van der Waals surface area contributed by atoms with E-state index in [1.807, 2.05) is 12.1 Å². The second kappa shape index (κ2) is 7.02. The Hall–Kier alpha value is -2.17. The number of hydrogen-bond acceptors (Lipinski definition) is 3. The topological polar surface area (TPSA) is 66.6 Å². The first kappa shape index (κ1) is 19.2. The highest BCUT2D eigenvalue weighted by Gasteiger charge is 2.42. The van der Waals surface area contributed by atoms with E-state index in [0.717, 1.165) is 32.4 Å². The lowest BCUT2D eigenvalue weighted by atomic mass is 9.67. The maximum Gasteiger partial charge on any atom is 0.248 e. The van der Waals surface area contributed by atoms with Gasteiger partial charge in [-0.3, -0.25) is 4.79 Å². The van der Waals surface area contributed by atoms with Gasteiger partial charge in [0.05, 0.1) is 5.60 Å². The van der Waals surface area contributed by atoms with E-state index < -0.39 is 5.60 Å². The van der Waals surface area contributed by atoms with E-state index in [2.05, 4.69) is 49.1 Å². The Kier molecular flexibility index (Phi) is 4.80. The van der Waals surface area contributed by atoms with Gasteiger partial charge in [0.2, 0.25) is 5.91 Å². The Balaban J connectivity index is 1.46. The van der Waals surface area contributed by atoms with Gasteiger partial charge in [-0.25, -0.2) is 0 Å². The number of β-amino-alcohol motifs (C(OH)–C–C–N with tert-alkyl or cyclic N) is 1. The molecule has 0 saturated carbocycles. The fourth-order valence-corrected chi connectivity index (χ4v) is 5.12. The lowest BCUT2D eigenvalue weighted by molar-refractivity contribution is -0.00935. The molecule has 0 spiro atoms. The van der Waals surface area contributed by atoms with Crippen molar-refractivity contribution in [2.75, 3.05) is 19.6 Å². The van der Waals surface area contributed by atoms with Crippen LogP contribution in [-0.4, -0.2) is 41.1 Å². The van der Waals surface area contributed by atoms with Gasteiger partial charge in [-0.2, -0.15) is 0 Å². The van der Waals surface area contributed by atoms with Crippen LogP contribution in [0.2, 0.25) is 0 Å². The Morgan fingerprint density at radius 2 is 1.86 bits per heavy atom. The number of nitrogens with zero attached hydrogens (tertiary/aromatic N) is 1. The molecule has 3 N–H and O–H groups in total. The van der Waals surface area contributed by atoms with Crippen molar-refractivity contribution in [2.45, 2.75) is 44.1 Å². The SMILES string of the molecule is C[C@@H]1CN(CC2(O)Cc3ccccc3C2)CC[C@]1(C)c1cccc(C(N)=O)c1. The number of primary amides is 1. The fourth-order valence-electron chi connectivity index (χ4n) is 5.12. The van der Waals surface area contributed by atoms with Crippen molar-refractivity contribution in [1.29, 1.82) is 0 Å². The maximum absolute atomic E-state index is 11.6. The third-order valence-corrected chi connectivity index (χ3v) is 7.05. The molecule has 0 unspecified atom stereocenters. The zero-order valence-corrected chi connectivity index (χ0v) is 16.8. The molecular weight excluding hydrogens is 348 g/mol. The predicted octanol–water partition coefficient (Wildman–Crippen LogP) is 2.91. The molecule has 1 saturated heterocycles. The zero-order chi connectivity index (χ0) is 19.9. The van der Waals surface area contributed by atoms with Gasteiger partial charge in [-0.05, 0) is 53.1 Å². The molecule has 4 rings (SSSR count). The van der Waals surface area contributed by atoms with E-state index in [4.69, 9.17) is 5.73 Å². The van der Waals surface area contributed by atoms with Crippen LogP contribution in [0.1, 0.15) is 47.3 Å². The summed E-state index contributed by atoms with van der Waals surface area (Å²) < 4.78 is 0. The van der Waals surface area contributed by atoms with Crippen molar-refractivity contribution in [1.82, 2.24) is 4.90 Å². The Morgan fingerprint density at radius 3 is 2.46 bits per heavy atom. The molecule has 1 amide bonds. The lowest BCUT2D eigenvalue weighted by Gasteiger charge is -2.46. The number of carbonyl (C=O) groups is 1. The Labute approximate surface area is 167 Å². The minimum atomic E-state index is -0.664. The quantitative estimate of drug-likeness (QED) is 0.860. The number of fused-ring (bicyclic) bond motifs is 1. The molecule has 2 atom stereocenters. The standard InChI is InChI=1S/C24H30N2O2/c1-17-15-26(16-24(28)13-19-6-3-4-7-20(19)14-24)11-10-23(17,2)21-9-5-8-18(12-21)22(25)27/h3-9,12,17,28H,10-11,13-16H2,1-2H3,(H2,25,27)/t17-,23+/m1/s1. The average Bonchev–Trinajstić information content (AvgIpc) is 3.00. The highest BCUT2D eigenvalue weighted by molar-refractivity contribution is 5.92. The molecule has 148 valence electrons. The molecule has 2 aromatic rings. The minimum Gasteiger partial charge on any atom is -0.388 e. The maximum atomic E-state index is 11.6. The first-order valence-electron chi connectivity index (χ1n) is 10.2. The number of amides is 1. The van der Waals surface area contributed by atoms with Crippen LogP contribution >= 0.6 is 0 Å². The van der Waals surface area contributed by atoms with Gasteiger partial charge in [0.15, 0.2) is 0 Å². The average molecular weight is 379 g/mol. The summed E-state index contributed by atoms with van der Waals surface area (Å²) in [6.07, 6.45) is 2.48. The third-order valence-electron chi connectivity index (χ3n) is 7.05. The van der Waals surface area contributed by atoms with Crippen LogP contribution in [0.3, 0.4) is 0 Å². The van der Waals surface area contributed by atoms with Gasteiger partial charge in [0.25, 0.3) is 0 Å². The molecule has 28 heavy (non-hydrogen) atoms.